The smallest absolute Gasteiger partial charge is 1.00 e. The van der Waals surface area contributed by atoms with E-state index in [-0.39, 0.29) is 33.0 Å². The standard InChI is InChI=1S/4C3H7NO.2FH.2Hf/c4*1-2-3(4)5;;;;/h4*2H2,1H3,(H2,4,5);2*1H;;/q;;;;;;2*+3/p-6. The summed E-state index contributed by atoms with van der Waals surface area (Å²) in [6, 6.07) is 0. The summed E-state index contributed by atoms with van der Waals surface area (Å²) in [4.78, 5) is 42.7. The fourth-order valence-electron chi connectivity index (χ4n) is 0.695. The van der Waals surface area contributed by atoms with Crippen LogP contribution >= 0.6 is 0 Å². The number of rotatable bonds is 8. The van der Waals surface area contributed by atoms with Gasteiger partial charge in [-0.05, 0) is 0 Å². The van der Waals surface area contributed by atoms with Gasteiger partial charge in [0.1, 0.15) is 0 Å². The van der Waals surface area contributed by atoms with Crippen LogP contribution in [-0.2, 0) is 66.1 Å². The number of hydrogen-bond donors (Lipinski definition) is 4. The molecule has 0 radical (unpaired) electrons. The van der Waals surface area contributed by atoms with Crippen molar-refractivity contribution >= 4 is 23.6 Å². The summed E-state index contributed by atoms with van der Waals surface area (Å²) in [5.41, 5.74) is 0. The van der Waals surface area contributed by atoms with E-state index >= 15 is 0 Å². The number of halogens is 2. The minimum Gasteiger partial charge on any atom is -1.00 e. The normalized spacial score (nSPS) is 7.50. The summed E-state index contributed by atoms with van der Waals surface area (Å²) in [6.07, 6.45) is 1.98. The molecule has 0 fully saturated rings. The Morgan fingerprint density at radius 3 is 0.833 bits per heavy atom. The second-order valence-electron chi connectivity index (χ2n) is 3.86. The van der Waals surface area contributed by atoms with E-state index in [9.17, 15) is 19.2 Å². The molecule has 0 saturated heterocycles. The zero-order valence-corrected chi connectivity index (χ0v) is 21.4. The van der Waals surface area contributed by atoms with E-state index in [1.807, 2.05) is 0 Å². The minimum atomic E-state index is -1.36. The van der Waals surface area contributed by atoms with E-state index < -0.39 is 47.0 Å². The van der Waals surface area contributed by atoms with E-state index in [1.165, 1.54) is 0 Å². The molecular formula is C12H24F2Hf2N4O4. The van der Waals surface area contributed by atoms with Crippen LogP contribution in [-0.4, -0.2) is 23.6 Å². The Hall–Kier alpha value is -0.520. The van der Waals surface area contributed by atoms with Crippen LogP contribution in [0.15, 0.2) is 0 Å². The van der Waals surface area contributed by atoms with Gasteiger partial charge in [-0.2, -0.15) is 0 Å². The van der Waals surface area contributed by atoms with Crippen molar-refractivity contribution in [1.29, 1.82) is 0 Å². The summed E-state index contributed by atoms with van der Waals surface area (Å²) < 4.78 is 10.9. The molecule has 0 bridgehead atoms. The van der Waals surface area contributed by atoms with Crippen molar-refractivity contribution in [1.82, 2.24) is 13.2 Å². The average Bonchev–Trinajstić information content (AvgIpc) is 2.54. The first-order valence-corrected chi connectivity index (χ1v) is 14.2. The van der Waals surface area contributed by atoms with Crippen LogP contribution in [0.5, 0.6) is 0 Å². The Kier molecular flexibility index (Phi) is 29.3. The van der Waals surface area contributed by atoms with Gasteiger partial charge in [0, 0.05) is 0 Å². The molecule has 0 aromatic heterocycles. The second-order valence-corrected chi connectivity index (χ2v) is 9.25. The van der Waals surface area contributed by atoms with Crippen LogP contribution in [0.1, 0.15) is 53.4 Å². The molecule has 0 aliphatic heterocycles. The minimum absolute atomic E-state index is 0. The molecular weight excluding hydrogens is 659 g/mol. The quantitative estimate of drug-likeness (QED) is 0.191. The third kappa shape index (κ3) is 23.7. The Balaban J connectivity index is -0.000000154. The molecule has 0 aliphatic carbocycles. The van der Waals surface area contributed by atoms with E-state index in [0.717, 1.165) is 0 Å². The van der Waals surface area contributed by atoms with Gasteiger partial charge in [-0.25, -0.2) is 0 Å². The fraction of sp³-hybridized carbons (Fsp3) is 0.667. The predicted molar refractivity (Wildman–Crippen MR) is 73.7 cm³/mol. The van der Waals surface area contributed by atoms with E-state index in [4.69, 9.17) is 0 Å². The number of hydrogen-bond acceptors (Lipinski definition) is 4. The first kappa shape index (κ1) is 31.3. The molecule has 0 aliphatic rings. The van der Waals surface area contributed by atoms with Crippen molar-refractivity contribution in [2.45, 2.75) is 53.4 Å². The maximum Gasteiger partial charge on any atom is -1.00 e. The average molecular weight is 683 g/mol. The molecule has 0 heterocycles. The predicted octanol–water partition coefficient (Wildman–Crippen LogP) is -6.09. The van der Waals surface area contributed by atoms with Gasteiger partial charge in [-0.15, -0.1) is 0 Å². The molecule has 0 aromatic rings. The van der Waals surface area contributed by atoms with E-state index in [2.05, 4.69) is 13.2 Å². The van der Waals surface area contributed by atoms with Crippen LogP contribution < -0.4 is 22.6 Å². The van der Waals surface area contributed by atoms with E-state index in [1.54, 1.807) is 27.7 Å². The first-order valence-electron chi connectivity index (χ1n) is 7.06. The Morgan fingerprint density at radius 1 is 0.542 bits per heavy atom. The largest absolute Gasteiger partial charge is 1.00 e. The third-order valence-corrected chi connectivity index (χ3v) is 7.90. The SMILES string of the molecule is CCC(=O)[NH][Hf+][NH]C(=O)CC.CCC(=O)[NH][Hf+][NH]C(=O)CC.[F-].[F-]. The van der Waals surface area contributed by atoms with Crippen molar-refractivity contribution in [2.75, 3.05) is 0 Å². The number of carbonyl (C=O) groups excluding carboxylic acids is 4. The molecule has 0 spiro atoms. The van der Waals surface area contributed by atoms with Gasteiger partial charge in [0.15, 0.2) is 0 Å². The Bertz CT molecular complexity index is 311. The molecule has 0 saturated carbocycles. The summed E-state index contributed by atoms with van der Waals surface area (Å²) in [5.74, 6) is 0.129. The number of nitrogens with one attached hydrogen (secondary N) is 4. The molecule has 8 nitrogen and oxygen atoms in total. The van der Waals surface area contributed by atoms with Crippen LogP contribution in [0.2, 0.25) is 0 Å². The zero-order valence-electron chi connectivity index (χ0n) is 14.2. The van der Waals surface area contributed by atoms with Crippen LogP contribution in [0.4, 0.5) is 0 Å². The number of amides is 4. The second kappa shape index (κ2) is 22.5. The molecule has 138 valence electrons. The maximum atomic E-state index is 10.7. The summed E-state index contributed by atoms with van der Waals surface area (Å²) in [7, 11) is 0. The Labute approximate surface area is 165 Å². The van der Waals surface area contributed by atoms with Crippen LogP contribution in [0, 0.1) is 0 Å². The fourth-order valence-corrected chi connectivity index (χ4v) is 5.69. The van der Waals surface area contributed by atoms with Gasteiger partial charge < -0.3 is 9.41 Å². The molecule has 0 rings (SSSR count). The van der Waals surface area contributed by atoms with Gasteiger partial charge in [-0.3, -0.25) is 0 Å². The topological polar surface area (TPSA) is 116 Å². The van der Waals surface area contributed by atoms with Crippen molar-refractivity contribution in [3.63, 3.8) is 0 Å². The van der Waals surface area contributed by atoms with Crippen LogP contribution in [0.3, 0.4) is 0 Å². The van der Waals surface area contributed by atoms with Gasteiger partial charge in [0.2, 0.25) is 0 Å². The van der Waals surface area contributed by atoms with Gasteiger partial charge >= 0.3 is 156 Å². The zero-order chi connectivity index (χ0) is 17.4. The monoisotopic (exact) mass is 686 g/mol. The molecule has 12 heteroatoms. The number of carbonyl (C=O) groups is 4. The van der Waals surface area contributed by atoms with Gasteiger partial charge in [0.05, 0.1) is 0 Å². The third-order valence-electron chi connectivity index (χ3n) is 2.09. The summed E-state index contributed by atoms with van der Waals surface area (Å²) in [5, 5.41) is 0. The summed E-state index contributed by atoms with van der Waals surface area (Å²) in [6.45, 7) is 7.17. The molecule has 4 N–H and O–H groups in total. The molecule has 24 heavy (non-hydrogen) atoms. The molecule has 4 amide bonds. The van der Waals surface area contributed by atoms with Crippen LogP contribution in [0.25, 0.3) is 0 Å². The molecule has 0 atom stereocenters. The Morgan fingerprint density at radius 2 is 0.708 bits per heavy atom. The van der Waals surface area contributed by atoms with E-state index in [0.29, 0.717) is 25.7 Å². The van der Waals surface area contributed by atoms with Gasteiger partial charge in [-0.1, -0.05) is 0 Å². The van der Waals surface area contributed by atoms with Crippen molar-refractivity contribution < 1.29 is 75.6 Å². The maximum absolute atomic E-state index is 10.7. The molecule has 0 unspecified atom stereocenters. The van der Waals surface area contributed by atoms with Gasteiger partial charge in [0.25, 0.3) is 0 Å². The van der Waals surface area contributed by atoms with Crippen molar-refractivity contribution in [2.24, 2.45) is 0 Å². The summed E-state index contributed by atoms with van der Waals surface area (Å²) >= 11 is -2.72. The van der Waals surface area contributed by atoms with Crippen molar-refractivity contribution in [3.8, 4) is 0 Å². The van der Waals surface area contributed by atoms with Crippen molar-refractivity contribution in [3.05, 3.63) is 0 Å². The molecule has 0 aromatic carbocycles. The first-order chi connectivity index (χ1) is 10.4.